The van der Waals surface area contributed by atoms with Gasteiger partial charge in [0.25, 0.3) is 0 Å². The second-order valence-electron chi connectivity index (χ2n) is 15.6. The number of para-hydroxylation sites is 4. The maximum Gasteiger partial charge on any atom is 0.143 e. The summed E-state index contributed by atoms with van der Waals surface area (Å²) in [6, 6.07) is 73.7. The van der Waals surface area contributed by atoms with Crippen LogP contribution in [0, 0.1) is 0 Å². The molecule has 10 aromatic carbocycles. The largest absolute Gasteiger partial charge is 0.455 e. The summed E-state index contributed by atoms with van der Waals surface area (Å²) >= 11 is 0. The van der Waals surface area contributed by atoms with Gasteiger partial charge < -0.3 is 18.3 Å². The Morgan fingerprint density at radius 1 is 0.350 bits per heavy atom. The molecule has 60 heavy (non-hydrogen) atoms. The third-order valence-corrected chi connectivity index (χ3v) is 12.4. The van der Waals surface area contributed by atoms with E-state index in [1.165, 1.54) is 21.8 Å². The molecule has 4 heteroatoms. The first-order valence-electron chi connectivity index (χ1n) is 20.4. The average Bonchev–Trinajstić information content (AvgIpc) is 4.00. The Hall–Kier alpha value is -8.08. The Labute approximate surface area is 344 Å². The number of nitrogens with zero attached hydrogens (tertiary/aromatic N) is 2. The smallest absolute Gasteiger partial charge is 0.143 e. The molecule has 0 amide bonds. The van der Waals surface area contributed by atoms with Crippen molar-refractivity contribution in [2.75, 3.05) is 4.90 Å². The van der Waals surface area contributed by atoms with E-state index in [-0.39, 0.29) is 0 Å². The van der Waals surface area contributed by atoms with Crippen molar-refractivity contribution in [1.82, 2.24) is 4.57 Å². The van der Waals surface area contributed by atoms with Crippen molar-refractivity contribution in [2.45, 2.75) is 0 Å². The minimum atomic E-state index is 0.839. The summed E-state index contributed by atoms with van der Waals surface area (Å²) in [6.45, 7) is 0. The maximum atomic E-state index is 6.97. The van der Waals surface area contributed by atoms with Gasteiger partial charge in [-0.15, -0.1) is 0 Å². The number of fused-ring (bicyclic) bond motifs is 13. The van der Waals surface area contributed by atoms with E-state index in [1.807, 2.05) is 0 Å². The number of furan rings is 2. The van der Waals surface area contributed by atoms with Crippen LogP contribution in [0.4, 0.5) is 17.1 Å². The first-order valence-corrected chi connectivity index (χ1v) is 20.4. The van der Waals surface area contributed by atoms with Crippen LogP contribution in [0.1, 0.15) is 0 Å². The molecule has 0 aliphatic heterocycles. The molecule has 0 unspecified atom stereocenters. The second-order valence-corrected chi connectivity index (χ2v) is 15.6. The van der Waals surface area contributed by atoms with E-state index in [0.717, 1.165) is 99.3 Å². The molecule has 3 heterocycles. The fourth-order valence-corrected chi connectivity index (χ4v) is 9.74. The van der Waals surface area contributed by atoms with Crippen LogP contribution in [-0.2, 0) is 0 Å². The minimum absolute atomic E-state index is 0.839. The van der Waals surface area contributed by atoms with Crippen LogP contribution in [0.15, 0.2) is 215 Å². The molecule has 0 atom stereocenters. The Balaban J connectivity index is 1.11. The lowest BCUT2D eigenvalue weighted by atomic mass is 9.98. The predicted molar refractivity (Wildman–Crippen MR) is 250 cm³/mol. The summed E-state index contributed by atoms with van der Waals surface area (Å²) < 4.78 is 16.2. The van der Waals surface area contributed by atoms with Crippen molar-refractivity contribution >= 4 is 104 Å². The van der Waals surface area contributed by atoms with Gasteiger partial charge in [-0.25, -0.2) is 0 Å². The monoisotopic (exact) mass is 766 g/mol. The number of anilines is 3. The predicted octanol–water partition coefficient (Wildman–Crippen LogP) is 16.0. The average molecular weight is 767 g/mol. The summed E-state index contributed by atoms with van der Waals surface area (Å²) in [5, 5.41) is 11.3. The van der Waals surface area contributed by atoms with Gasteiger partial charge >= 0.3 is 0 Å². The van der Waals surface area contributed by atoms with Gasteiger partial charge in [0.05, 0.1) is 27.8 Å². The van der Waals surface area contributed by atoms with Crippen LogP contribution in [-0.4, -0.2) is 4.57 Å². The van der Waals surface area contributed by atoms with Crippen molar-refractivity contribution < 1.29 is 8.83 Å². The fourth-order valence-electron chi connectivity index (χ4n) is 9.74. The first kappa shape index (κ1) is 32.9. The lowest BCUT2D eigenvalue weighted by Gasteiger charge is -2.29. The second kappa shape index (κ2) is 12.7. The number of rotatable bonds is 5. The summed E-state index contributed by atoms with van der Waals surface area (Å²) in [7, 11) is 0. The number of benzene rings is 10. The zero-order valence-electron chi connectivity index (χ0n) is 32.3. The molecule has 0 saturated carbocycles. The molecule has 0 bridgehead atoms. The molecule has 0 aliphatic rings. The van der Waals surface area contributed by atoms with Gasteiger partial charge in [-0.1, -0.05) is 146 Å². The van der Waals surface area contributed by atoms with Crippen LogP contribution in [0.25, 0.3) is 104 Å². The highest BCUT2D eigenvalue weighted by atomic mass is 16.3. The van der Waals surface area contributed by atoms with Gasteiger partial charge in [0.15, 0.2) is 0 Å². The molecule has 0 fully saturated rings. The zero-order valence-corrected chi connectivity index (χ0v) is 32.3. The molecule has 13 aromatic rings. The van der Waals surface area contributed by atoms with Gasteiger partial charge in [0, 0.05) is 60.2 Å². The summed E-state index contributed by atoms with van der Waals surface area (Å²) in [6.07, 6.45) is 0. The highest BCUT2D eigenvalue weighted by Gasteiger charge is 2.25. The minimum Gasteiger partial charge on any atom is -0.455 e. The van der Waals surface area contributed by atoms with Gasteiger partial charge in [0.2, 0.25) is 0 Å². The van der Waals surface area contributed by atoms with Crippen LogP contribution in [0.5, 0.6) is 0 Å². The quantitative estimate of drug-likeness (QED) is 0.175. The normalized spacial score (nSPS) is 12.0. The standard InChI is InChI=1S/C56H34N2O2/c1-3-18-39-35(14-1)30-32-46-45-24-12-23-44(56(45)60-54(39)46)43-22-7-10-27-50(43)58(51-28-13-29-52-53(51)47-33-31-36-15-2-4-19-40(36)55(47)59-52)38-17-11-16-37(34-38)57-48-25-8-5-20-41(48)42-21-6-9-26-49(42)57/h1-34H. The molecule has 3 aromatic heterocycles. The fraction of sp³-hybridized carbons (Fsp3) is 0. The van der Waals surface area contributed by atoms with Crippen molar-refractivity contribution in [1.29, 1.82) is 0 Å². The molecular formula is C56H34N2O2. The Morgan fingerprint density at radius 3 is 1.67 bits per heavy atom. The molecule has 0 aliphatic carbocycles. The molecule has 280 valence electrons. The Bertz CT molecular complexity index is 3810. The summed E-state index contributed by atoms with van der Waals surface area (Å²) in [5.41, 5.74) is 12.1. The topological polar surface area (TPSA) is 34.5 Å². The number of hydrogen-bond donors (Lipinski definition) is 0. The van der Waals surface area contributed by atoms with E-state index in [1.54, 1.807) is 0 Å². The Kier molecular flexibility index (Phi) is 6.98. The highest BCUT2D eigenvalue weighted by molar-refractivity contribution is 6.21. The first-order chi connectivity index (χ1) is 29.8. The third-order valence-electron chi connectivity index (χ3n) is 12.4. The van der Waals surface area contributed by atoms with Crippen LogP contribution in [0.2, 0.25) is 0 Å². The van der Waals surface area contributed by atoms with E-state index >= 15 is 0 Å². The summed E-state index contributed by atoms with van der Waals surface area (Å²) in [5.74, 6) is 0. The molecule has 13 rings (SSSR count). The van der Waals surface area contributed by atoms with Gasteiger partial charge in [-0.2, -0.15) is 0 Å². The number of aromatic nitrogens is 1. The van der Waals surface area contributed by atoms with Crippen molar-refractivity contribution in [3.05, 3.63) is 206 Å². The van der Waals surface area contributed by atoms with Gasteiger partial charge in [0.1, 0.15) is 22.3 Å². The van der Waals surface area contributed by atoms with E-state index in [4.69, 9.17) is 8.83 Å². The number of hydrogen-bond acceptors (Lipinski definition) is 3. The van der Waals surface area contributed by atoms with E-state index in [2.05, 4.69) is 216 Å². The molecule has 0 spiro atoms. The third kappa shape index (κ3) is 4.73. The highest BCUT2D eigenvalue weighted by Crippen LogP contribution is 2.49. The molecule has 0 radical (unpaired) electrons. The molecule has 4 nitrogen and oxygen atoms in total. The van der Waals surface area contributed by atoms with Gasteiger partial charge in [-0.05, 0) is 71.4 Å². The molecular weight excluding hydrogens is 733 g/mol. The van der Waals surface area contributed by atoms with Crippen molar-refractivity contribution in [2.24, 2.45) is 0 Å². The maximum absolute atomic E-state index is 6.97. The van der Waals surface area contributed by atoms with E-state index < -0.39 is 0 Å². The Morgan fingerprint density at radius 2 is 0.900 bits per heavy atom. The van der Waals surface area contributed by atoms with Crippen LogP contribution < -0.4 is 4.90 Å². The van der Waals surface area contributed by atoms with E-state index in [0.29, 0.717) is 0 Å². The van der Waals surface area contributed by atoms with Crippen molar-refractivity contribution in [3.8, 4) is 16.8 Å². The molecule has 0 saturated heterocycles. The van der Waals surface area contributed by atoms with Gasteiger partial charge in [-0.3, -0.25) is 0 Å². The SMILES string of the molecule is c1cc(N(c2ccccc2-c2cccc3c2oc2c4ccccc4ccc32)c2cccc3oc4c5ccccc5ccc4c23)cc(-n2c3ccccc3c3ccccc32)c1. The lowest BCUT2D eigenvalue weighted by molar-refractivity contribution is 0.672. The lowest BCUT2D eigenvalue weighted by Crippen LogP contribution is -2.12. The van der Waals surface area contributed by atoms with Crippen LogP contribution in [0.3, 0.4) is 0 Å². The van der Waals surface area contributed by atoms with E-state index in [9.17, 15) is 0 Å². The zero-order chi connectivity index (χ0) is 39.3. The van der Waals surface area contributed by atoms with Crippen molar-refractivity contribution in [3.63, 3.8) is 0 Å². The van der Waals surface area contributed by atoms with Crippen LogP contribution >= 0.6 is 0 Å². The molecule has 0 N–H and O–H groups in total. The summed E-state index contributed by atoms with van der Waals surface area (Å²) in [4.78, 5) is 2.41.